The van der Waals surface area contributed by atoms with Crippen LogP contribution in [-0.4, -0.2) is 35.6 Å². The Labute approximate surface area is 168 Å². The standard InChI is InChI=1S/C24H33NO3/c1-23(2)18-24(12-13-28-23,14-19-6-4-3-5-7-19)21(17-26)16-25-15-20-8-10-22(27)11-9-20/h3-11,21,25-27H,12-18H2,1-2H3/t21-,24+/m0/s1. The number of aliphatic hydroxyl groups excluding tert-OH is 1. The van der Waals surface area contributed by atoms with Gasteiger partial charge in [-0.15, -0.1) is 0 Å². The first-order valence-electron chi connectivity index (χ1n) is 10.2. The number of nitrogens with one attached hydrogen (secondary N) is 1. The van der Waals surface area contributed by atoms with Crippen LogP contribution in [0.5, 0.6) is 5.75 Å². The number of phenols is 1. The number of hydrogen-bond acceptors (Lipinski definition) is 4. The zero-order valence-electron chi connectivity index (χ0n) is 17.0. The van der Waals surface area contributed by atoms with Gasteiger partial charge in [0.05, 0.1) is 5.60 Å². The fraction of sp³-hybridized carbons (Fsp3) is 0.500. The molecule has 0 unspecified atom stereocenters. The average molecular weight is 384 g/mol. The Morgan fingerprint density at radius 1 is 1.04 bits per heavy atom. The summed E-state index contributed by atoms with van der Waals surface area (Å²) in [6, 6.07) is 17.9. The molecule has 0 saturated carbocycles. The highest BCUT2D eigenvalue weighted by Crippen LogP contribution is 2.46. The summed E-state index contributed by atoms with van der Waals surface area (Å²) in [5.74, 6) is 0.427. The zero-order valence-corrected chi connectivity index (χ0v) is 17.0. The van der Waals surface area contributed by atoms with Crippen molar-refractivity contribution in [2.75, 3.05) is 19.8 Å². The molecule has 28 heavy (non-hydrogen) atoms. The molecule has 4 nitrogen and oxygen atoms in total. The molecule has 0 aromatic heterocycles. The Balaban J connectivity index is 1.73. The van der Waals surface area contributed by atoms with Crippen molar-refractivity contribution in [3.05, 3.63) is 65.7 Å². The monoisotopic (exact) mass is 383 g/mol. The van der Waals surface area contributed by atoms with Crippen LogP contribution in [0.4, 0.5) is 0 Å². The molecule has 3 N–H and O–H groups in total. The van der Waals surface area contributed by atoms with Crippen LogP contribution < -0.4 is 5.32 Å². The maximum atomic E-state index is 10.3. The van der Waals surface area contributed by atoms with Gasteiger partial charge in [0.1, 0.15) is 5.75 Å². The first-order chi connectivity index (χ1) is 13.4. The van der Waals surface area contributed by atoms with Crippen LogP contribution in [0.3, 0.4) is 0 Å². The van der Waals surface area contributed by atoms with Crippen LogP contribution in [0.15, 0.2) is 54.6 Å². The largest absolute Gasteiger partial charge is 0.508 e. The van der Waals surface area contributed by atoms with E-state index in [1.165, 1.54) is 5.56 Å². The smallest absolute Gasteiger partial charge is 0.115 e. The first kappa shape index (κ1) is 20.8. The molecule has 2 atom stereocenters. The molecule has 0 spiro atoms. The van der Waals surface area contributed by atoms with E-state index in [2.05, 4.69) is 43.4 Å². The van der Waals surface area contributed by atoms with E-state index in [-0.39, 0.29) is 29.3 Å². The van der Waals surface area contributed by atoms with Crippen molar-refractivity contribution in [2.45, 2.75) is 45.3 Å². The van der Waals surface area contributed by atoms with Gasteiger partial charge in [0, 0.05) is 32.2 Å². The first-order valence-corrected chi connectivity index (χ1v) is 10.2. The van der Waals surface area contributed by atoms with Crippen LogP contribution >= 0.6 is 0 Å². The van der Waals surface area contributed by atoms with Gasteiger partial charge in [-0.3, -0.25) is 0 Å². The Morgan fingerprint density at radius 2 is 1.75 bits per heavy atom. The third kappa shape index (κ3) is 5.34. The summed E-state index contributed by atoms with van der Waals surface area (Å²) >= 11 is 0. The number of phenolic OH excluding ortho intramolecular Hbond substituents is 1. The van der Waals surface area contributed by atoms with E-state index in [9.17, 15) is 10.2 Å². The SMILES string of the molecule is CC1(C)C[C@@](Cc2ccccc2)([C@H](CO)CNCc2ccc(O)cc2)CCO1. The molecule has 0 bridgehead atoms. The summed E-state index contributed by atoms with van der Waals surface area (Å²) in [7, 11) is 0. The van der Waals surface area contributed by atoms with Gasteiger partial charge in [-0.05, 0) is 61.8 Å². The molecule has 0 radical (unpaired) electrons. The third-order valence-corrected chi connectivity index (χ3v) is 6.01. The zero-order chi connectivity index (χ0) is 20.0. The Bertz CT molecular complexity index is 729. The van der Waals surface area contributed by atoms with Crippen LogP contribution in [-0.2, 0) is 17.7 Å². The normalized spacial score (nSPS) is 22.7. The van der Waals surface area contributed by atoms with E-state index in [4.69, 9.17) is 4.74 Å². The molecule has 4 heteroatoms. The van der Waals surface area contributed by atoms with Crippen LogP contribution in [0.25, 0.3) is 0 Å². The van der Waals surface area contributed by atoms with Gasteiger partial charge < -0.3 is 20.3 Å². The van der Waals surface area contributed by atoms with Crippen molar-refractivity contribution in [2.24, 2.45) is 11.3 Å². The van der Waals surface area contributed by atoms with E-state index in [0.29, 0.717) is 0 Å². The van der Waals surface area contributed by atoms with Gasteiger partial charge in [-0.25, -0.2) is 0 Å². The summed E-state index contributed by atoms with van der Waals surface area (Å²) in [4.78, 5) is 0. The van der Waals surface area contributed by atoms with E-state index in [1.54, 1.807) is 12.1 Å². The highest BCUT2D eigenvalue weighted by Gasteiger charge is 2.45. The lowest BCUT2D eigenvalue weighted by Crippen LogP contribution is -2.50. The fourth-order valence-electron chi connectivity index (χ4n) is 4.64. The number of hydrogen-bond donors (Lipinski definition) is 3. The maximum absolute atomic E-state index is 10.3. The quantitative estimate of drug-likeness (QED) is 0.647. The Kier molecular flexibility index (Phi) is 6.76. The molecule has 1 fully saturated rings. The van der Waals surface area contributed by atoms with E-state index < -0.39 is 0 Å². The molecule has 152 valence electrons. The highest BCUT2D eigenvalue weighted by molar-refractivity contribution is 5.25. The molecular formula is C24H33NO3. The topological polar surface area (TPSA) is 61.7 Å². The second-order valence-electron chi connectivity index (χ2n) is 8.74. The third-order valence-electron chi connectivity index (χ3n) is 6.01. The van der Waals surface area contributed by atoms with Crippen LogP contribution in [0.2, 0.25) is 0 Å². The minimum absolute atomic E-state index is 0.000189. The summed E-state index contributed by atoms with van der Waals surface area (Å²) in [6.07, 6.45) is 2.84. The van der Waals surface area contributed by atoms with E-state index in [1.807, 2.05) is 18.2 Å². The second-order valence-corrected chi connectivity index (χ2v) is 8.74. The molecule has 0 amide bonds. The molecule has 1 heterocycles. The summed E-state index contributed by atoms with van der Waals surface area (Å²) in [5, 5.41) is 23.3. The van der Waals surface area contributed by atoms with Crippen molar-refractivity contribution < 1.29 is 14.9 Å². The average Bonchev–Trinajstić information content (AvgIpc) is 2.66. The van der Waals surface area contributed by atoms with Gasteiger partial charge in [0.15, 0.2) is 0 Å². The van der Waals surface area contributed by atoms with Crippen molar-refractivity contribution in [3.63, 3.8) is 0 Å². The molecule has 1 saturated heterocycles. The molecule has 2 aromatic carbocycles. The lowest BCUT2D eigenvalue weighted by molar-refractivity contribution is -0.127. The minimum atomic E-state index is -0.183. The number of benzene rings is 2. The second kappa shape index (κ2) is 9.08. The fourth-order valence-corrected chi connectivity index (χ4v) is 4.64. The molecule has 0 aliphatic carbocycles. The highest BCUT2D eigenvalue weighted by atomic mass is 16.5. The molecular weight excluding hydrogens is 350 g/mol. The predicted octanol–water partition coefficient (Wildman–Crippen LogP) is 3.91. The molecule has 1 aliphatic heterocycles. The number of aliphatic hydroxyl groups is 1. The number of rotatable bonds is 8. The Morgan fingerprint density at radius 3 is 2.39 bits per heavy atom. The molecule has 3 rings (SSSR count). The van der Waals surface area contributed by atoms with Crippen molar-refractivity contribution in [3.8, 4) is 5.75 Å². The minimum Gasteiger partial charge on any atom is -0.508 e. The van der Waals surface area contributed by atoms with Crippen molar-refractivity contribution in [1.82, 2.24) is 5.32 Å². The lowest BCUT2D eigenvalue weighted by Gasteiger charge is -2.49. The summed E-state index contributed by atoms with van der Waals surface area (Å²) in [6.45, 7) is 6.67. The van der Waals surface area contributed by atoms with Gasteiger partial charge in [-0.1, -0.05) is 42.5 Å². The van der Waals surface area contributed by atoms with E-state index in [0.717, 1.165) is 44.5 Å². The van der Waals surface area contributed by atoms with Gasteiger partial charge in [0.2, 0.25) is 0 Å². The summed E-state index contributed by atoms with van der Waals surface area (Å²) in [5.41, 5.74) is 2.26. The van der Waals surface area contributed by atoms with Crippen molar-refractivity contribution >= 4 is 0 Å². The Hall–Kier alpha value is -1.88. The number of ether oxygens (including phenoxy) is 1. The van der Waals surface area contributed by atoms with Gasteiger partial charge in [0.25, 0.3) is 0 Å². The van der Waals surface area contributed by atoms with Crippen LogP contribution in [0.1, 0.15) is 37.8 Å². The van der Waals surface area contributed by atoms with Crippen LogP contribution in [0, 0.1) is 11.3 Å². The summed E-state index contributed by atoms with van der Waals surface area (Å²) < 4.78 is 6.01. The predicted molar refractivity (Wildman–Crippen MR) is 112 cm³/mol. The number of aromatic hydroxyl groups is 1. The van der Waals surface area contributed by atoms with Gasteiger partial charge in [-0.2, -0.15) is 0 Å². The lowest BCUT2D eigenvalue weighted by atomic mass is 9.63. The van der Waals surface area contributed by atoms with Crippen molar-refractivity contribution in [1.29, 1.82) is 0 Å². The molecule has 1 aliphatic rings. The molecule has 2 aromatic rings. The van der Waals surface area contributed by atoms with Gasteiger partial charge >= 0.3 is 0 Å². The van der Waals surface area contributed by atoms with E-state index >= 15 is 0 Å². The maximum Gasteiger partial charge on any atom is 0.115 e.